The lowest BCUT2D eigenvalue weighted by atomic mass is 9.96. The first kappa shape index (κ1) is 33.2. The summed E-state index contributed by atoms with van der Waals surface area (Å²) < 4.78 is 5.00. The van der Waals surface area contributed by atoms with Crippen molar-refractivity contribution in [3.05, 3.63) is 218 Å². The van der Waals surface area contributed by atoms with Gasteiger partial charge in [-0.05, 0) is 100 Å². The minimum Gasteiger partial charge on any atom is -0.310 e. The van der Waals surface area contributed by atoms with Crippen LogP contribution in [0, 0.1) is 0 Å². The lowest BCUT2D eigenvalue weighted by Crippen LogP contribution is -2.09. The highest BCUT2D eigenvalue weighted by Gasteiger charge is 2.20. The normalized spacial score (nSPS) is 11.5. The average molecular weight is 745 g/mol. The molecule has 268 valence electrons. The highest BCUT2D eigenvalue weighted by atomic mass is 32.1. The van der Waals surface area contributed by atoms with Gasteiger partial charge in [-0.15, -0.1) is 11.3 Å². The molecule has 9 aromatic carbocycles. The van der Waals surface area contributed by atoms with Crippen LogP contribution in [0.1, 0.15) is 0 Å². The third kappa shape index (κ3) is 5.80. The van der Waals surface area contributed by atoms with Gasteiger partial charge in [-0.3, -0.25) is 0 Å². The lowest BCUT2D eigenvalue weighted by Gasteiger charge is -2.26. The molecule has 0 saturated heterocycles. The molecule has 0 unspecified atom stereocenters. The summed E-state index contributed by atoms with van der Waals surface area (Å²) >= 11 is 1.86. The first-order valence-corrected chi connectivity index (χ1v) is 20.2. The summed E-state index contributed by atoms with van der Waals surface area (Å²) in [5, 5.41) is 5.05. The first-order valence-electron chi connectivity index (χ1n) is 19.4. The van der Waals surface area contributed by atoms with Crippen molar-refractivity contribution in [3.8, 4) is 39.1 Å². The number of fused-ring (bicyclic) bond motifs is 6. The van der Waals surface area contributed by atoms with Crippen molar-refractivity contribution >= 4 is 70.4 Å². The van der Waals surface area contributed by atoms with Crippen LogP contribution in [0.5, 0.6) is 0 Å². The summed E-state index contributed by atoms with van der Waals surface area (Å²) in [6, 6.07) is 79.4. The summed E-state index contributed by atoms with van der Waals surface area (Å²) in [5.74, 6) is 0. The van der Waals surface area contributed by atoms with Gasteiger partial charge in [-0.1, -0.05) is 152 Å². The van der Waals surface area contributed by atoms with E-state index >= 15 is 0 Å². The van der Waals surface area contributed by atoms with Crippen LogP contribution in [0.15, 0.2) is 218 Å². The second kappa shape index (κ2) is 13.8. The molecule has 0 saturated carbocycles. The average Bonchev–Trinajstić information content (AvgIpc) is 3.83. The Balaban J connectivity index is 1.13. The predicted molar refractivity (Wildman–Crippen MR) is 245 cm³/mol. The molecule has 0 aliphatic carbocycles. The predicted octanol–water partition coefficient (Wildman–Crippen LogP) is 15.6. The molecule has 57 heavy (non-hydrogen) atoms. The molecule has 0 aliphatic rings. The minimum absolute atomic E-state index is 1.11. The number of aromatic nitrogens is 1. The van der Waals surface area contributed by atoms with Crippen molar-refractivity contribution in [2.75, 3.05) is 4.90 Å². The fraction of sp³-hybridized carbons (Fsp3) is 0. The second-order valence-corrected chi connectivity index (χ2v) is 15.6. The highest BCUT2D eigenvalue weighted by Crippen LogP contribution is 2.45. The Morgan fingerprint density at radius 3 is 1.60 bits per heavy atom. The fourth-order valence-corrected chi connectivity index (χ4v) is 9.64. The molecular formula is C54H36N2S. The quantitative estimate of drug-likeness (QED) is 0.158. The van der Waals surface area contributed by atoms with Crippen LogP contribution in [0.4, 0.5) is 17.1 Å². The van der Waals surface area contributed by atoms with Crippen LogP contribution in [0.25, 0.3) is 81.0 Å². The van der Waals surface area contributed by atoms with Gasteiger partial charge in [0.1, 0.15) is 0 Å². The molecule has 11 aromatic rings. The van der Waals surface area contributed by atoms with Crippen LogP contribution in [-0.4, -0.2) is 4.57 Å². The number of para-hydroxylation sites is 1. The topological polar surface area (TPSA) is 8.17 Å². The zero-order chi connectivity index (χ0) is 37.7. The third-order valence-electron chi connectivity index (χ3n) is 11.2. The van der Waals surface area contributed by atoms with Gasteiger partial charge in [0.25, 0.3) is 0 Å². The lowest BCUT2D eigenvalue weighted by molar-refractivity contribution is 1.18. The number of benzene rings is 9. The van der Waals surface area contributed by atoms with Crippen molar-refractivity contribution in [3.63, 3.8) is 0 Å². The third-order valence-corrected chi connectivity index (χ3v) is 12.3. The molecule has 11 rings (SSSR count). The van der Waals surface area contributed by atoms with Crippen LogP contribution >= 0.6 is 11.3 Å². The number of anilines is 3. The maximum atomic E-state index is 2.42. The van der Waals surface area contributed by atoms with Crippen molar-refractivity contribution in [1.29, 1.82) is 0 Å². The Bertz CT molecular complexity index is 3200. The molecule has 0 atom stereocenters. The molecule has 2 heterocycles. The Morgan fingerprint density at radius 2 is 0.877 bits per heavy atom. The molecule has 0 spiro atoms. The van der Waals surface area contributed by atoms with Gasteiger partial charge in [0.15, 0.2) is 0 Å². The van der Waals surface area contributed by atoms with Gasteiger partial charge >= 0.3 is 0 Å². The van der Waals surface area contributed by atoms with E-state index in [4.69, 9.17) is 0 Å². The molecular weight excluding hydrogens is 709 g/mol. The molecule has 0 fully saturated rings. The minimum atomic E-state index is 1.11. The summed E-state index contributed by atoms with van der Waals surface area (Å²) in [4.78, 5) is 2.42. The number of hydrogen-bond donors (Lipinski definition) is 0. The second-order valence-electron chi connectivity index (χ2n) is 14.5. The number of hydrogen-bond acceptors (Lipinski definition) is 2. The van der Waals surface area contributed by atoms with E-state index in [-0.39, 0.29) is 0 Å². The monoisotopic (exact) mass is 744 g/mol. The zero-order valence-electron chi connectivity index (χ0n) is 31.1. The Labute approximate surface area is 335 Å². The molecule has 0 N–H and O–H groups in total. The van der Waals surface area contributed by atoms with E-state index < -0.39 is 0 Å². The highest BCUT2D eigenvalue weighted by molar-refractivity contribution is 7.25. The Kier molecular flexibility index (Phi) is 8.04. The molecule has 0 amide bonds. The van der Waals surface area contributed by atoms with E-state index in [1.54, 1.807) is 0 Å². The molecule has 2 nitrogen and oxygen atoms in total. The van der Waals surface area contributed by atoms with E-state index in [2.05, 4.69) is 228 Å². The van der Waals surface area contributed by atoms with E-state index in [1.165, 1.54) is 75.4 Å². The largest absolute Gasteiger partial charge is 0.310 e. The molecule has 0 aliphatic heterocycles. The standard InChI is InChI=1S/C54H36N2S/c1-4-13-37(14-5-1)39-23-25-41(26-24-39)46-20-12-21-51-54(46)49-35-44(32-34-50(49)56(51)42-17-8-3-9-18-42)55(43-29-27-40(28-30-43)38-15-6-2-7-16-38)45-31-33-48-47-19-10-11-22-52(47)57-53(48)36-45/h1-36H. The van der Waals surface area contributed by atoms with Crippen molar-refractivity contribution in [2.45, 2.75) is 0 Å². The van der Waals surface area contributed by atoms with Crippen LogP contribution < -0.4 is 4.90 Å². The first-order chi connectivity index (χ1) is 28.3. The Hall–Kier alpha value is -7.20. The van der Waals surface area contributed by atoms with Crippen LogP contribution in [0.2, 0.25) is 0 Å². The van der Waals surface area contributed by atoms with Gasteiger partial charge in [-0.25, -0.2) is 0 Å². The van der Waals surface area contributed by atoms with Crippen LogP contribution in [-0.2, 0) is 0 Å². The van der Waals surface area contributed by atoms with E-state index in [9.17, 15) is 0 Å². The number of thiophene rings is 1. The van der Waals surface area contributed by atoms with Crippen molar-refractivity contribution < 1.29 is 0 Å². The van der Waals surface area contributed by atoms with Crippen molar-refractivity contribution in [2.24, 2.45) is 0 Å². The number of nitrogens with zero attached hydrogens (tertiary/aromatic N) is 2. The fourth-order valence-electron chi connectivity index (χ4n) is 8.50. The van der Waals surface area contributed by atoms with Gasteiger partial charge < -0.3 is 9.47 Å². The molecule has 3 heteroatoms. The molecule has 2 aromatic heterocycles. The number of rotatable bonds is 7. The summed E-state index contributed by atoms with van der Waals surface area (Å²) in [6.07, 6.45) is 0. The smallest absolute Gasteiger partial charge is 0.0547 e. The summed E-state index contributed by atoms with van der Waals surface area (Å²) in [7, 11) is 0. The summed E-state index contributed by atoms with van der Waals surface area (Å²) in [6.45, 7) is 0. The maximum Gasteiger partial charge on any atom is 0.0547 e. The van der Waals surface area contributed by atoms with E-state index in [1.807, 2.05) is 11.3 Å². The molecule has 0 bridgehead atoms. The Morgan fingerprint density at radius 1 is 0.333 bits per heavy atom. The van der Waals surface area contributed by atoms with Gasteiger partial charge in [0.05, 0.1) is 11.0 Å². The zero-order valence-corrected chi connectivity index (χ0v) is 31.9. The van der Waals surface area contributed by atoms with Crippen LogP contribution in [0.3, 0.4) is 0 Å². The van der Waals surface area contributed by atoms with E-state index in [0.717, 1.165) is 22.7 Å². The summed E-state index contributed by atoms with van der Waals surface area (Å²) in [5.41, 5.74) is 14.1. The molecule has 0 radical (unpaired) electrons. The van der Waals surface area contributed by atoms with E-state index in [0.29, 0.717) is 0 Å². The van der Waals surface area contributed by atoms with Crippen molar-refractivity contribution in [1.82, 2.24) is 4.57 Å². The van der Waals surface area contributed by atoms with Gasteiger partial charge in [0.2, 0.25) is 0 Å². The maximum absolute atomic E-state index is 2.42. The SMILES string of the molecule is c1ccc(-c2ccc(-c3cccc4c3c3cc(N(c5ccc(-c6ccccc6)cc5)c5ccc6c(c5)sc5ccccc56)ccc3n4-c3ccccc3)cc2)cc1. The van der Waals surface area contributed by atoms with Gasteiger partial charge in [0, 0.05) is 53.7 Å². The van der Waals surface area contributed by atoms with Gasteiger partial charge in [-0.2, -0.15) is 0 Å².